The lowest BCUT2D eigenvalue weighted by molar-refractivity contribution is -0.140. The van der Waals surface area contributed by atoms with Gasteiger partial charge in [-0.2, -0.15) is 0 Å². The highest BCUT2D eigenvalue weighted by Gasteiger charge is 2.19. The molecule has 1 aromatic heterocycles. The van der Waals surface area contributed by atoms with Gasteiger partial charge in [-0.3, -0.25) is 0 Å². The summed E-state index contributed by atoms with van der Waals surface area (Å²) in [5.74, 6) is 0.878. The van der Waals surface area contributed by atoms with Crippen LogP contribution in [0.25, 0.3) is 17.0 Å². The highest BCUT2D eigenvalue weighted by molar-refractivity contribution is 6.30. The molecule has 0 spiro atoms. The van der Waals surface area contributed by atoms with Gasteiger partial charge in [0.2, 0.25) is 0 Å². The summed E-state index contributed by atoms with van der Waals surface area (Å²) < 4.78 is 10.9. The van der Waals surface area contributed by atoms with Crippen molar-refractivity contribution in [1.29, 1.82) is 0 Å². The number of carbonyl (C=O) groups is 1. The Hall–Kier alpha value is -3.12. The summed E-state index contributed by atoms with van der Waals surface area (Å²) in [6.07, 6.45) is 1.71. The number of anilines is 1. The molecule has 2 heterocycles. The van der Waals surface area contributed by atoms with Crippen molar-refractivity contribution in [3.8, 4) is 5.75 Å². The molecule has 4 rings (SSSR count). The molecule has 2 N–H and O–H groups in total. The number of esters is 1. The van der Waals surface area contributed by atoms with E-state index in [4.69, 9.17) is 26.8 Å². The summed E-state index contributed by atoms with van der Waals surface area (Å²) in [4.78, 5) is 20.9. The molecule has 1 aliphatic heterocycles. The fourth-order valence-corrected chi connectivity index (χ4v) is 2.89. The maximum atomic E-state index is 12.3. The fraction of sp³-hybridized carbons (Fsp3) is 0.105. The van der Waals surface area contributed by atoms with Gasteiger partial charge in [0, 0.05) is 16.0 Å². The SMILES string of the molecule is Nc1nc(COC(=O)C2=Cc3cc(Cl)ccc3OC2)nc2ccccc12. The number of halogens is 1. The molecule has 1 aliphatic rings. The highest BCUT2D eigenvalue weighted by atomic mass is 35.5. The van der Waals surface area contributed by atoms with E-state index in [1.54, 1.807) is 24.3 Å². The first kappa shape index (κ1) is 16.4. The van der Waals surface area contributed by atoms with Crippen molar-refractivity contribution in [2.75, 3.05) is 12.3 Å². The number of ether oxygens (including phenoxy) is 2. The van der Waals surface area contributed by atoms with Crippen molar-refractivity contribution < 1.29 is 14.3 Å². The largest absolute Gasteiger partial charge is 0.488 e. The van der Waals surface area contributed by atoms with Crippen molar-refractivity contribution in [3.05, 3.63) is 64.4 Å². The lowest BCUT2D eigenvalue weighted by atomic mass is 10.1. The molecule has 0 atom stereocenters. The quantitative estimate of drug-likeness (QED) is 0.714. The van der Waals surface area contributed by atoms with Crippen LogP contribution in [0.5, 0.6) is 5.75 Å². The maximum Gasteiger partial charge on any atom is 0.337 e. The van der Waals surface area contributed by atoms with Gasteiger partial charge < -0.3 is 15.2 Å². The monoisotopic (exact) mass is 367 g/mol. The predicted molar refractivity (Wildman–Crippen MR) is 98.7 cm³/mol. The number of benzene rings is 2. The zero-order valence-electron chi connectivity index (χ0n) is 13.6. The normalized spacial score (nSPS) is 12.9. The second-order valence-corrected chi connectivity index (χ2v) is 6.20. The molecule has 0 saturated heterocycles. The Labute approximate surface area is 154 Å². The Balaban J connectivity index is 1.51. The molecule has 3 aromatic rings. The van der Waals surface area contributed by atoms with Gasteiger partial charge in [-0.1, -0.05) is 23.7 Å². The Bertz CT molecular complexity index is 1050. The number of carbonyl (C=O) groups excluding carboxylic acids is 1. The van der Waals surface area contributed by atoms with Gasteiger partial charge in [-0.05, 0) is 36.4 Å². The van der Waals surface area contributed by atoms with E-state index in [0.717, 1.165) is 10.9 Å². The van der Waals surface area contributed by atoms with Gasteiger partial charge >= 0.3 is 5.97 Å². The van der Waals surface area contributed by atoms with Crippen molar-refractivity contribution in [2.24, 2.45) is 0 Å². The molecular formula is C19H14ClN3O3. The highest BCUT2D eigenvalue weighted by Crippen LogP contribution is 2.29. The van der Waals surface area contributed by atoms with Gasteiger partial charge in [0.05, 0.1) is 11.1 Å². The number of hydrogen-bond acceptors (Lipinski definition) is 6. The first-order valence-electron chi connectivity index (χ1n) is 7.91. The Morgan fingerprint density at radius 2 is 2.08 bits per heavy atom. The number of nitrogen functional groups attached to an aromatic ring is 1. The van der Waals surface area contributed by atoms with E-state index < -0.39 is 5.97 Å². The molecule has 6 nitrogen and oxygen atoms in total. The van der Waals surface area contributed by atoms with Crippen LogP contribution in [-0.4, -0.2) is 22.5 Å². The van der Waals surface area contributed by atoms with E-state index in [-0.39, 0.29) is 13.2 Å². The Morgan fingerprint density at radius 3 is 2.96 bits per heavy atom. The number of fused-ring (bicyclic) bond motifs is 2. The molecule has 0 amide bonds. The summed E-state index contributed by atoms with van der Waals surface area (Å²) in [6, 6.07) is 12.6. The molecule has 0 fully saturated rings. The molecular weight excluding hydrogens is 354 g/mol. The lowest BCUT2D eigenvalue weighted by Gasteiger charge is -2.17. The third-order valence-electron chi connectivity index (χ3n) is 3.96. The lowest BCUT2D eigenvalue weighted by Crippen LogP contribution is -2.18. The van der Waals surface area contributed by atoms with Crippen LogP contribution in [-0.2, 0) is 16.1 Å². The molecule has 2 aromatic carbocycles. The minimum Gasteiger partial charge on any atom is -0.488 e. The molecule has 26 heavy (non-hydrogen) atoms. The van der Waals surface area contributed by atoms with Crippen LogP contribution < -0.4 is 10.5 Å². The van der Waals surface area contributed by atoms with Crippen molar-refractivity contribution in [2.45, 2.75) is 6.61 Å². The summed E-state index contributed by atoms with van der Waals surface area (Å²) in [5.41, 5.74) is 7.78. The zero-order valence-corrected chi connectivity index (χ0v) is 14.4. The van der Waals surface area contributed by atoms with Crippen LogP contribution in [0.15, 0.2) is 48.0 Å². The number of para-hydroxylation sites is 1. The summed E-state index contributed by atoms with van der Waals surface area (Å²) in [5, 5.41) is 1.33. The first-order chi connectivity index (χ1) is 12.6. The van der Waals surface area contributed by atoms with Crippen LogP contribution in [0, 0.1) is 0 Å². The van der Waals surface area contributed by atoms with Crippen LogP contribution in [0.4, 0.5) is 5.82 Å². The smallest absolute Gasteiger partial charge is 0.337 e. The molecule has 130 valence electrons. The van der Waals surface area contributed by atoms with Crippen molar-refractivity contribution in [3.63, 3.8) is 0 Å². The number of nitrogens with zero attached hydrogens (tertiary/aromatic N) is 2. The topological polar surface area (TPSA) is 87.3 Å². The van der Waals surface area contributed by atoms with Crippen LogP contribution in [0.1, 0.15) is 11.4 Å². The molecule has 0 radical (unpaired) electrons. The number of aromatic nitrogens is 2. The van der Waals surface area contributed by atoms with E-state index in [0.29, 0.717) is 33.5 Å². The summed E-state index contributed by atoms with van der Waals surface area (Å²) >= 11 is 5.98. The summed E-state index contributed by atoms with van der Waals surface area (Å²) in [7, 11) is 0. The van der Waals surface area contributed by atoms with Crippen molar-refractivity contribution in [1.82, 2.24) is 9.97 Å². The minimum atomic E-state index is -0.494. The first-order valence-corrected chi connectivity index (χ1v) is 8.29. The predicted octanol–water partition coefficient (Wildman–Crippen LogP) is 3.38. The second-order valence-electron chi connectivity index (χ2n) is 5.76. The fourth-order valence-electron chi connectivity index (χ4n) is 2.70. The van der Waals surface area contributed by atoms with E-state index in [1.165, 1.54) is 0 Å². The van der Waals surface area contributed by atoms with Crippen molar-refractivity contribution >= 4 is 40.4 Å². The maximum absolute atomic E-state index is 12.3. The van der Waals surface area contributed by atoms with Gasteiger partial charge in [0.25, 0.3) is 0 Å². The van der Waals surface area contributed by atoms with Gasteiger partial charge in [0.15, 0.2) is 12.4 Å². The standard InChI is InChI=1S/C19H14ClN3O3/c20-13-5-6-16-11(8-13)7-12(9-25-16)19(24)26-10-17-22-15-4-2-1-3-14(15)18(21)23-17/h1-8H,9-10H2,(H2,21,22,23). The Kier molecular flexibility index (Phi) is 4.18. The molecule has 0 aliphatic carbocycles. The average molecular weight is 368 g/mol. The summed E-state index contributed by atoms with van der Waals surface area (Å²) in [6.45, 7) is 0.0573. The Morgan fingerprint density at radius 1 is 1.23 bits per heavy atom. The van der Waals surface area contributed by atoms with Crippen LogP contribution in [0.2, 0.25) is 5.02 Å². The van der Waals surface area contributed by atoms with E-state index >= 15 is 0 Å². The second kappa shape index (κ2) is 6.65. The van der Waals surface area contributed by atoms with E-state index in [2.05, 4.69) is 9.97 Å². The molecule has 7 heteroatoms. The van der Waals surface area contributed by atoms with Gasteiger partial charge in [-0.25, -0.2) is 14.8 Å². The molecule has 0 unspecified atom stereocenters. The number of rotatable bonds is 3. The zero-order chi connectivity index (χ0) is 18.1. The van der Waals surface area contributed by atoms with E-state index in [9.17, 15) is 4.79 Å². The van der Waals surface area contributed by atoms with Gasteiger partial charge in [0.1, 0.15) is 18.2 Å². The average Bonchev–Trinajstić information content (AvgIpc) is 2.65. The minimum absolute atomic E-state index is 0.0758. The molecule has 0 saturated carbocycles. The van der Waals surface area contributed by atoms with Crippen LogP contribution in [0.3, 0.4) is 0 Å². The molecule has 0 bridgehead atoms. The third kappa shape index (κ3) is 3.19. The number of hydrogen-bond donors (Lipinski definition) is 1. The van der Waals surface area contributed by atoms with Gasteiger partial charge in [-0.15, -0.1) is 0 Å². The third-order valence-corrected chi connectivity index (χ3v) is 4.19. The van der Waals surface area contributed by atoms with E-state index in [1.807, 2.05) is 24.3 Å². The number of nitrogens with two attached hydrogens (primary N) is 1. The van der Waals surface area contributed by atoms with Crippen LogP contribution >= 0.6 is 11.6 Å².